The van der Waals surface area contributed by atoms with Gasteiger partial charge < -0.3 is 5.11 Å². The fraction of sp³-hybridized carbons (Fsp3) is 0.0909. The predicted octanol–water partition coefficient (Wildman–Crippen LogP) is 0.368. The number of hydrogen-bond acceptors (Lipinski definition) is 6. The Labute approximate surface area is 106 Å². The van der Waals surface area contributed by atoms with Gasteiger partial charge in [0.2, 0.25) is 0 Å². The van der Waals surface area contributed by atoms with Crippen LogP contribution >= 0.6 is 0 Å². The number of benzene rings is 1. The normalized spacial score (nSPS) is 10.7. The van der Waals surface area contributed by atoms with Crippen molar-refractivity contribution in [2.75, 3.05) is 0 Å². The molecule has 0 atom stereocenters. The van der Waals surface area contributed by atoms with Crippen LogP contribution in [0, 0.1) is 0 Å². The Balaban J connectivity index is 2.09. The highest BCUT2D eigenvalue weighted by Crippen LogP contribution is 2.19. The SMILES string of the molecule is O=C(O)Cn1nnnc1-c1ccc2nccnc2c1. The van der Waals surface area contributed by atoms with Gasteiger partial charge in [-0.2, -0.15) is 0 Å². The summed E-state index contributed by atoms with van der Waals surface area (Å²) < 4.78 is 1.22. The van der Waals surface area contributed by atoms with Gasteiger partial charge in [-0.15, -0.1) is 5.10 Å². The molecule has 0 fully saturated rings. The Morgan fingerprint density at radius 3 is 2.79 bits per heavy atom. The van der Waals surface area contributed by atoms with Crippen LogP contribution in [0.4, 0.5) is 0 Å². The Kier molecular flexibility index (Phi) is 2.60. The van der Waals surface area contributed by atoms with Crippen molar-refractivity contribution < 1.29 is 9.90 Å². The summed E-state index contributed by atoms with van der Waals surface area (Å²) in [5, 5.41) is 19.8. The van der Waals surface area contributed by atoms with Gasteiger partial charge in [-0.05, 0) is 28.6 Å². The summed E-state index contributed by atoms with van der Waals surface area (Å²) in [6.45, 7) is -0.291. The molecule has 1 aromatic carbocycles. The van der Waals surface area contributed by atoms with Crippen molar-refractivity contribution in [1.82, 2.24) is 30.2 Å². The molecule has 2 heterocycles. The molecule has 3 rings (SSSR count). The zero-order chi connectivity index (χ0) is 13.2. The molecule has 94 valence electrons. The maximum Gasteiger partial charge on any atom is 0.325 e. The molecule has 0 unspecified atom stereocenters. The third kappa shape index (κ3) is 2.10. The fourth-order valence-electron chi connectivity index (χ4n) is 1.75. The molecular weight excluding hydrogens is 248 g/mol. The minimum Gasteiger partial charge on any atom is -0.480 e. The average Bonchev–Trinajstić information content (AvgIpc) is 2.85. The second-order valence-corrected chi connectivity index (χ2v) is 3.81. The first kappa shape index (κ1) is 11.2. The number of nitrogens with zero attached hydrogens (tertiary/aromatic N) is 6. The molecule has 8 nitrogen and oxygen atoms in total. The molecular formula is C11H8N6O2. The number of tetrazole rings is 1. The molecule has 0 radical (unpaired) electrons. The van der Waals surface area contributed by atoms with Gasteiger partial charge in [0.15, 0.2) is 5.82 Å². The summed E-state index contributed by atoms with van der Waals surface area (Å²) in [5.74, 6) is -0.621. The summed E-state index contributed by atoms with van der Waals surface area (Å²) in [7, 11) is 0. The first-order valence-corrected chi connectivity index (χ1v) is 5.43. The number of fused-ring (bicyclic) bond motifs is 1. The van der Waals surface area contributed by atoms with E-state index >= 15 is 0 Å². The molecule has 19 heavy (non-hydrogen) atoms. The zero-order valence-corrected chi connectivity index (χ0v) is 9.63. The van der Waals surface area contributed by atoms with E-state index in [-0.39, 0.29) is 6.54 Å². The van der Waals surface area contributed by atoms with Gasteiger partial charge >= 0.3 is 5.97 Å². The maximum atomic E-state index is 10.7. The van der Waals surface area contributed by atoms with E-state index in [4.69, 9.17) is 5.11 Å². The molecule has 0 aliphatic carbocycles. The summed E-state index contributed by atoms with van der Waals surface area (Å²) in [6, 6.07) is 5.34. The van der Waals surface area contributed by atoms with E-state index in [0.29, 0.717) is 16.9 Å². The number of aromatic nitrogens is 6. The van der Waals surface area contributed by atoms with Crippen LogP contribution in [0.25, 0.3) is 22.4 Å². The summed E-state index contributed by atoms with van der Waals surface area (Å²) in [5.41, 5.74) is 2.15. The molecule has 1 N–H and O–H groups in total. The Morgan fingerprint density at radius 1 is 1.21 bits per heavy atom. The molecule has 0 amide bonds. The lowest BCUT2D eigenvalue weighted by Crippen LogP contribution is -2.11. The molecule has 8 heteroatoms. The van der Waals surface area contributed by atoms with Crippen LogP contribution in [-0.4, -0.2) is 41.3 Å². The van der Waals surface area contributed by atoms with Crippen molar-refractivity contribution in [2.45, 2.75) is 6.54 Å². The van der Waals surface area contributed by atoms with Crippen molar-refractivity contribution in [1.29, 1.82) is 0 Å². The molecule has 0 bridgehead atoms. The quantitative estimate of drug-likeness (QED) is 0.721. The number of carbonyl (C=O) groups is 1. The predicted molar refractivity (Wildman–Crippen MR) is 64.0 cm³/mol. The molecule has 0 aliphatic heterocycles. The van der Waals surface area contributed by atoms with Crippen molar-refractivity contribution in [2.24, 2.45) is 0 Å². The smallest absolute Gasteiger partial charge is 0.325 e. The van der Waals surface area contributed by atoms with Crippen LogP contribution in [0.5, 0.6) is 0 Å². The van der Waals surface area contributed by atoms with Crippen molar-refractivity contribution in [3.63, 3.8) is 0 Å². The third-order valence-corrected chi connectivity index (χ3v) is 2.54. The number of carboxylic acids is 1. The average molecular weight is 256 g/mol. The van der Waals surface area contributed by atoms with E-state index in [1.807, 2.05) is 0 Å². The van der Waals surface area contributed by atoms with Gasteiger partial charge in [-0.3, -0.25) is 14.8 Å². The standard InChI is InChI=1S/C11H8N6O2/c18-10(19)6-17-11(14-15-16-17)7-1-2-8-9(5-7)13-4-3-12-8/h1-5H,6H2,(H,18,19). The molecule has 0 aliphatic rings. The van der Waals surface area contributed by atoms with Gasteiger partial charge in [0.25, 0.3) is 0 Å². The second-order valence-electron chi connectivity index (χ2n) is 3.81. The Morgan fingerprint density at radius 2 is 2.00 bits per heavy atom. The van der Waals surface area contributed by atoms with Crippen LogP contribution in [0.3, 0.4) is 0 Å². The van der Waals surface area contributed by atoms with Crippen molar-refractivity contribution >= 4 is 17.0 Å². The second kappa shape index (κ2) is 4.41. The lowest BCUT2D eigenvalue weighted by Gasteiger charge is -2.02. The van der Waals surface area contributed by atoms with E-state index in [9.17, 15) is 4.79 Å². The van der Waals surface area contributed by atoms with Crippen LogP contribution in [0.1, 0.15) is 0 Å². The van der Waals surface area contributed by atoms with E-state index in [1.165, 1.54) is 4.68 Å². The lowest BCUT2D eigenvalue weighted by molar-refractivity contribution is -0.137. The van der Waals surface area contributed by atoms with Gasteiger partial charge in [0, 0.05) is 18.0 Å². The lowest BCUT2D eigenvalue weighted by atomic mass is 10.2. The van der Waals surface area contributed by atoms with E-state index < -0.39 is 5.97 Å². The van der Waals surface area contributed by atoms with Gasteiger partial charge in [-0.25, -0.2) is 4.68 Å². The monoisotopic (exact) mass is 256 g/mol. The summed E-state index contributed by atoms with van der Waals surface area (Å²) >= 11 is 0. The fourth-order valence-corrected chi connectivity index (χ4v) is 1.75. The molecule has 2 aromatic heterocycles. The first-order chi connectivity index (χ1) is 9.24. The van der Waals surface area contributed by atoms with Crippen molar-refractivity contribution in [3.05, 3.63) is 30.6 Å². The minimum absolute atomic E-state index is 0.291. The van der Waals surface area contributed by atoms with E-state index in [2.05, 4.69) is 25.5 Å². The van der Waals surface area contributed by atoms with Crippen LogP contribution < -0.4 is 0 Å². The molecule has 0 saturated heterocycles. The minimum atomic E-state index is -1.01. The summed E-state index contributed by atoms with van der Waals surface area (Å²) in [4.78, 5) is 19.1. The number of hydrogen-bond donors (Lipinski definition) is 1. The van der Waals surface area contributed by atoms with E-state index in [1.54, 1.807) is 30.6 Å². The van der Waals surface area contributed by atoms with Crippen molar-refractivity contribution in [3.8, 4) is 11.4 Å². The molecule has 0 spiro atoms. The Bertz CT molecular complexity index is 754. The topological polar surface area (TPSA) is 107 Å². The van der Waals surface area contributed by atoms with Gasteiger partial charge in [0.05, 0.1) is 11.0 Å². The highest BCUT2D eigenvalue weighted by Gasteiger charge is 2.12. The third-order valence-electron chi connectivity index (χ3n) is 2.54. The van der Waals surface area contributed by atoms with E-state index in [0.717, 1.165) is 5.52 Å². The molecule has 3 aromatic rings. The van der Waals surface area contributed by atoms with Crippen LogP contribution in [0.2, 0.25) is 0 Å². The number of rotatable bonds is 3. The molecule has 0 saturated carbocycles. The summed E-state index contributed by atoms with van der Waals surface area (Å²) in [6.07, 6.45) is 3.20. The number of aliphatic carboxylic acids is 1. The van der Waals surface area contributed by atoms with Gasteiger partial charge in [-0.1, -0.05) is 0 Å². The highest BCUT2D eigenvalue weighted by molar-refractivity contribution is 5.79. The first-order valence-electron chi connectivity index (χ1n) is 5.43. The zero-order valence-electron chi connectivity index (χ0n) is 9.63. The maximum absolute atomic E-state index is 10.7. The Hall–Kier alpha value is -2.90. The van der Waals surface area contributed by atoms with Crippen LogP contribution in [0.15, 0.2) is 30.6 Å². The van der Waals surface area contributed by atoms with Gasteiger partial charge in [0.1, 0.15) is 6.54 Å². The largest absolute Gasteiger partial charge is 0.480 e. The highest BCUT2D eigenvalue weighted by atomic mass is 16.4. The van der Waals surface area contributed by atoms with Crippen LogP contribution in [-0.2, 0) is 11.3 Å². The number of carboxylic acid groups (broad SMARTS) is 1.